The normalized spacial score (nSPS) is 14.2. The quantitative estimate of drug-likeness (QED) is 0.0230. The van der Waals surface area contributed by atoms with Gasteiger partial charge in [0.1, 0.15) is 0 Å². The lowest BCUT2D eigenvalue weighted by atomic mass is 10.0. The van der Waals surface area contributed by atoms with Gasteiger partial charge in [0.05, 0.1) is 38.8 Å². The maximum absolute atomic E-state index is 13.8. The minimum absolute atomic E-state index is 0.0267. The molecule has 1 aliphatic rings. The monoisotopic (exact) mass is 926 g/mol. The number of rotatable bonds is 40. The number of ether oxygens (including phenoxy) is 3. The fraction of sp³-hybridized carbons (Fsp3) is 0.788. The molecule has 0 saturated carbocycles. The molecule has 0 aliphatic carbocycles. The molecule has 13 heteroatoms. The SMILES string of the molecule is C=C(CCCCCCCCCCCCCCC)N1CCN(C(=O)CCCCCCCCCCCCCCC)CC(C(=O)NCCOCCOCCC(=O)Oc2c(F)c(F)cc(F)c2F)C1. The van der Waals surface area contributed by atoms with E-state index >= 15 is 0 Å². The number of benzene rings is 1. The Morgan fingerprint density at radius 1 is 0.569 bits per heavy atom. The van der Waals surface area contributed by atoms with Crippen molar-refractivity contribution in [2.45, 2.75) is 200 Å². The molecule has 0 aromatic heterocycles. The van der Waals surface area contributed by atoms with Crippen LogP contribution < -0.4 is 10.1 Å². The van der Waals surface area contributed by atoms with Gasteiger partial charge in [0, 0.05) is 50.9 Å². The van der Waals surface area contributed by atoms with E-state index in [1.165, 1.54) is 135 Å². The van der Waals surface area contributed by atoms with Crippen molar-refractivity contribution in [1.29, 1.82) is 0 Å². The summed E-state index contributed by atoms with van der Waals surface area (Å²) in [4.78, 5) is 43.1. The first kappa shape index (κ1) is 57.9. The van der Waals surface area contributed by atoms with Crippen LogP contribution in [0, 0.1) is 29.2 Å². The topological polar surface area (TPSA) is 97.4 Å². The second-order valence-electron chi connectivity index (χ2n) is 18.1. The number of nitrogens with zero attached hydrogens (tertiary/aromatic N) is 2. The van der Waals surface area contributed by atoms with Crippen LogP contribution in [0.25, 0.3) is 0 Å². The molecule has 1 N–H and O–H groups in total. The van der Waals surface area contributed by atoms with Crippen molar-refractivity contribution in [3.63, 3.8) is 0 Å². The van der Waals surface area contributed by atoms with Crippen molar-refractivity contribution < 1.29 is 46.2 Å². The number of hydrogen-bond acceptors (Lipinski definition) is 7. The third kappa shape index (κ3) is 27.3. The number of allylic oxidation sites excluding steroid dienone is 1. The molecule has 1 unspecified atom stereocenters. The van der Waals surface area contributed by atoms with Crippen LogP contribution in [0.4, 0.5) is 17.6 Å². The van der Waals surface area contributed by atoms with Gasteiger partial charge in [0.2, 0.25) is 29.2 Å². The maximum Gasteiger partial charge on any atom is 0.313 e. The van der Waals surface area contributed by atoms with Crippen LogP contribution in [0.3, 0.4) is 0 Å². The highest BCUT2D eigenvalue weighted by Gasteiger charge is 2.30. The van der Waals surface area contributed by atoms with Gasteiger partial charge in [0.25, 0.3) is 0 Å². The third-order valence-electron chi connectivity index (χ3n) is 12.4. The molecular weight excluding hydrogens is 839 g/mol. The molecule has 9 nitrogen and oxygen atoms in total. The largest absolute Gasteiger partial charge is 0.420 e. The smallest absolute Gasteiger partial charge is 0.313 e. The first-order valence-electron chi connectivity index (χ1n) is 25.8. The standard InChI is InChI=1S/C52H87F4N3O6/c1-4-6-8-10-12-14-16-18-20-22-24-26-28-30-43(3)58-34-35-59(47(60)31-29-27-25-23-21-19-17-15-13-11-9-7-5-2)42-44(41-58)52(62)57-33-37-64-39-38-63-36-32-48(61)65-51-49(55)45(53)40-46(54)50(51)56/h40,44H,3-39,41-42H2,1-2H3,(H,57,62). The van der Waals surface area contributed by atoms with E-state index in [-0.39, 0.29) is 50.9 Å². The average molecular weight is 926 g/mol. The van der Waals surface area contributed by atoms with Crippen LogP contribution in [0.2, 0.25) is 0 Å². The number of carbonyl (C=O) groups is 3. The Balaban J connectivity index is 1.74. The lowest BCUT2D eigenvalue weighted by molar-refractivity contribution is -0.136. The second-order valence-corrected chi connectivity index (χ2v) is 18.1. The van der Waals surface area contributed by atoms with E-state index in [0.29, 0.717) is 32.6 Å². The molecule has 1 atom stereocenters. The molecule has 374 valence electrons. The maximum atomic E-state index is 13.8. The highest BCUT2D eigenvalue weighted by atomic mass is 19.2. The number of esters is 1. The van der Waals surface area contributed by atoms with Crippen molar-refractivity contribution >= 4 is 17.8 Å². The van der Waals surface area contributed by atoms with Gasteiger partial charge in [-0.25, -0.2) is 8.78 Å². The predicted octanol–water partition coefficient (Wildman–Crippen LogP) is 12.9. The van der Waals surface area contributed by atoms with Crippen LogP contribution in [0.15, 0.2) is 18.3 Å². The van der Waals surface area contributed by atoms with Gasteiger partial charge in [-0.15, -0.1) is 0 Å². The van der Waals surface area contributed by atoms with Crippen molar-refractivity contribution in [2.75, 3.05) is 59.2 Å². The Bertz CT molecular complexity index is 1370. The Labute approximate surface area is 390 Å². The summed E-state index contributed by atoms with van der Waals surface area (Å²) in [7, 11) is 0. The van der Waals surface area contributed by atoms with E-state index < -0.39 is 47.3 Å². The predicted molar refractivity (Wildman–Crippen MR) is 253 cm³/mol. The van der Waals surface area contributed by atoms with Gasteiger partial charge < -0.3 is 29.3 Å². The zero-order valence-electron chi connectivity index (χ0n) is 40.6. The number of hydrogen-bond donors (Lipinski definition) is 1. The van der Waals surface area contributed by atoms with E-state index in [2.05, 4.69) is 35.4 Å². The summed E-state index contributed by atoms with van der Waals surface area (Å²) < 4.78 is 69.7. The summed E-state index contributed by atoms with van der Waals surface area (Å²) in [5, 5.41) is 2.97. The highest BCUT2D eigenvalue weighted by Crippen LogP contribution is 2.27. The van der Waals surface area contributed by atoms with Crippen molar-refractivity contribution in [3.8, 4) is 5.75 Å². The number of nitrogens with one attached hydrogen (secondary N) is 1. The van der Waals surface area contributed by atoms with Crippen LogP contribution in [0.5, 0.6) is 5.75 Å². The van der Waals surface area contributed by atoms with Crippen molar-refractivity contribution in [2.24, 2.45) is 5.92 Å². The average Bonchev–Trinajstić information content (AvgIpc) is 3.53. The van der Waals surface area contributed by atoms with E-state index in [1.807, 2.05) is 4.90 Å². The highest BCUT2D eigenvalue weighted by molar-refractivity contribution is 5.81. The number of amides is 2. The van der Waals surface area contributed by atoms with Gasteiger partial charge in [-0.05, 0) is 19.3 Å². The van der Waals surface area contributed by atoms with Gasteiger partial charge in [-0.3, -0.25) is 14.4 Å². The lowest BCUT2D eigenvalue weighted by Crippen LogP contribution is -2.43. The van der Waals surface area contributed by atoms with Gasteiger partial charge >= 0.3 is 5.97 Å². The minimum Gasteiger partial charge on any atom is -0.420 e. The number of unbranched alkanes of at least 4 members (excludes halogenated alkanes) is 24. The van der Waals surface area contributed by atoms with Crippen LogP contribution in [-0.2, 0) is 23.9 Å². The molecule has 1 saturated heterocycles. The summed E-state index contributed by atoms with van der Waals surface area (Å²) in [5.41, 5.74) is 1.02. The van der Waals surface area contributed by atoms with Crippen molar-refractivity contribution in [1.82, 2.24) is 15.1 Å². The molecular formula is C52H87F4N3O6. The molecule has 1 aliphatic heterocycles. The van der Waals surface area contributed by atoms with Gasteiger partial charge in [-0.1, -0.05) is 175 Å². The summed E-state index contributed by atoms with van der Waals surface area (Å²) in [6.45, 7) is 11.5. The molecule has 1 aromatic rings. The Morgan fingerprint density at radius 3 is 1.48 bits per heavy atom. The fourth-order valence-corrected chi connectivity index (χ4v) is 8.32. The Kier molecular flexibility index (Phi) is 33.7. The van der Waals surface area contributed by atoms with Crippen molar-refractivity contribution in [3.05, 3.63) is 41.6 Å². The summed E-state index contributed by atoms with van der Waals surface area (Å²) >= 11 is 0. The van der Waals surface area contributed by atoms with Gasteiger partial charge in [-0.2, -0.15) is 8.78 Å². The second kappa shape index (κ2) is 37.9. The van der Waals surface area contributed by atoms with Gasteiger partial charge in [0.15, 0.2) is 11.6 Å². The first-order chi connectivity index (χ1) is 31.6. The summed E-state index contributed by atoms with van der Waals surface area (Å²) in [6, 6.07) is 0.0267. The molecule has 2 rings (SSSR count). The zero-order valence-corrected chi connectivity index (χ0v) is 40.6. The minimum atomic E-state index is -1.80. The van der Waals surface area contributed by atoms with E-state index in [1.54, 1.807) is 0 Å². The van der Waals surface area contributed by atoms with E-state index in [0.717, 1.165) is 44.2 Å². The molecule has 2 amide bonds. The summed E-state index contributed by atoms with van der Waals surface area (Å²) in [5.74, 6) is -9.99. The Hall–Kier alpha value is -3.19. The molecule has 0 radical (unpaired) electrons. The fourth-order valence-electron chi connectivity index (χ4n) is 8.32. The molecule has 0 bridgehead atoms. The van der Waals surface area contributed by atoms with Crippen LogP contribution >= 0.6 is 0 Å². The molecule has 1 fully saturated rings. The van der Waals surface area contributed by atoms with E-state index in [4.69, 9.17) is 9.47 Å². The molecule has 1 aromatic carbocycles. The molecule has 0 spiro atoms. The number of halogens is 4. The zero-order chi connectivity index (χ0) is 47.3. The number of carbonyl (C=O) groups excluding carboxylic acids is 3. The van der Waals surface area contributed by atoms with Crippen LogP contribution in [-0.4, -0.2) is 86.7 Å². The Morgan fingerprint density at radius 2 is 0.985 bits per heavy atom. The summed E-state index contributed by atoms with van der Waals surface area (Å²) in [6.07, 6.45) is 34.0. The molecule has 65 heavy (non-hydrogen) atoms. The third-order valence-corrected chi connectivity index (χ3v) is 12.4. The lowest BCUT2D eigenvalue weighted by Gasteiger charge is -2.27. The van der Waals surface area contributed by atoms with Crippen LogP contribution in [0.1, 0.15) is 200 Å². The van der Waals surface area contributed by atoms with E-state index in [9.17, 15) is 31.9 Å². The first-order valence-corrected chi connectivity index (χ1v) is 25.8. The molecule has 1 heterocycles.